The molecule has 0 bridgehead atoms. The molecule has 4 aromatic rings. The van der Waals surface area contributed by atoms with E-state index >= 15 is 0 Å². The van der Waals surface area contributed by atoms with Crippen molar-refractivity contribution in [2.24, 2.45) is 7.05 Å². The van der Waals surface area contributed by atoms with Crippen LogP contribution in [0.4, 0.5) is 27.8 Å². The summed E-state index contributed by atoms with van der Waals surface area (Å²) < 4.78 is 7.56. The average molecular weight is 554 g/mol. The Morgan fingerprint density at radius 3 is 2.39 bits per heavy atom. The molecule has 1 aliphatic rings. The molecule has 5 rings (SSSR count). The molecule has 1 fully saturated rings. The quantitative estimate of drug-likeness (QED) is 0.276. The lowest BCUT2D eigenvalue weighted by molar-refractivity contribution is 0.215. The second kappa shape index (κ2) is 12.4. The van der Waals surface area contributed by atoms with Gasteiger partial charge in [-0.3, -0.25) is 5.32 Å². The van der Waals surface area contributed by atoms with Crippen LogP contribution >= 0.6 is 0 Å². The lowest BCUT2D eigenvalue weighted by Crippen LogP contribution is -2.44. The zero-order chi connectivity index (χ0) is 28.9. The highest BCUT2D eigenvalue weighted by atomic mass is 16.6. The summed E-state index contributed by atoms with van der Waals surface area (Å²) in [4.78, 5) is 26.8. The van der Waals surface area contributed by atoms with Crippen LogP contribution in [0.2, 0.25) is 0 Å². The van der Waals surface area contributed by atoms with Gasteiger partial charge in [0.1, 0.15) is 0 Å². The Kier molecular flexibility index (Phi) is 8.54. The second-order valence-electron chi connectivity index (χ2n) is 10.5. The maximum absolute atomic E-state index is 12.8. The van der Waals surface area contributed by atoms with Crippen LogP contribution in [0.25, 0.3) is 11.4 Å². The number of likely N-dealkylation sites (N-methyl/N-ethyl adjacent to an activating group) is 1. The van der Waals surface area contributed by atoms with Crippen molar-refractivity contribution in [1.29, 1.82) is 0 Å². The lowest BCUT2D eigenvalue weighted by atomic mass is 10.0. The molecule has 0 spiro atoms. The number of carbonyl (C=O) groups is 1. The first-order valence-corrected chi connectivity index (χ1v) is 14.2. The minimum absolute atomic E-state index is 0.440. The number of aryl methyl sites for hydroxylation is 4. The van der Waals surface area contributed by atoms with Gasteiger partial charge in [0.2, 0.25) is 5.95 Å². The fourth-order valence-electron chi connectivity index (χ4n) is 5.21. The van der Waals surface area contributed by atoms with Gasteiger partial charge in [-0.2, -0.15) is 0 Å². The van der Waals surface area contributed by atoms with Gasteiger partial charge in [-0.1, -0.05) is 32.0 Å². The number of nitrogens with one attached hydrogen (secondary N) is 2. The Bertz CT molecular complexity index is 1500. The fraction of sp³-hybridized carbons (Fsp3) is 0.344. The van der Waals surface area contributed by atoms with Crippen molar-refractivity contribution in [2.75, 3.05) is 48.8 Å². The number of hydrogen-bond acceptors (Lipinski definition) is 7. The van der Waals surface area contributed by atoms with Gasteiger partial charge >= 0.3 is 6.09 Å². The summed E-state index contributed by atoms with van der Waals surface area (Å²) in [5.41, 5.74) is 7.86. The van der Waals surface area contributed by atoms with E-state index in [1.807, 2.05) is 41.9 Å². The van der Waals surface area contributed by atoms with Crippen LogP contribution in [-0.2, 0) is 19.9 Å². The first-order chi connectivity index (χ1) is 19.8. The lowest BCUT2D eigenvalue weighted by Gasteiger charge is -2.34. The number of nitrogens with zero attached hydrogens (tertiary/aromatic N) is 5. The van der Waals surface area contributed by atoms with Crippen LogP contribution < -0.4 is 20.3 Å². The number of hydrogen-bond donors (Lipinski definition) is 2. The van der Waals surface area contributed by atoms with Crippen LogP contribution in [0.3, 0.4) is 0 Å². The first-order valence-electron chi connectivity index (χ1n) is 14.2. The molecule has 2 N–H and O–H groups in total. The van der Waals surface area contributed by atoms with E-state index in [0.717, 1.165) is 78.5 Å². The molecule has 1 saturated heterocycles. The van der Waals surface area contributed by atoms with Crippen molar-refractivity contribution in [3.63, 3.8) is 0 Å². The van der Waals surface area contributed by atoms with Gasteiger partial charge in [-0.25, -0.2) is 14.8 Å². The van der Waals surface area contributed by atoms with Crippen molar-refractivity contribution >= 4 is 29.1 Å². The smallest absolute Gasteiger partial charge is 0.408 e. The summed E-state index contributed by atoms with van der Waals surface area (Å²) >= 11 is 0. The van der Waals surface area contributed by atoms with Crippen LogP contribution in [0.1, 0.15) is 30.5 Å². The molecule has 2 aromatic heterocycles. The number of para-hydroxylation sites is 1. The van der Waals surface area contributed by atoms with Gasteiger partial charge in [0, 0.05) is 63.1 Å². The normalized spacial score (nSPS) is 13.7. The van der Waals surface area contributed by atoms with Gasteiger partial charge in [-0.15, -0.1) is 0 Å². The molecule has 1 amide bonds. The molecule has 0 saturated carbocycles. The highest BCUT2D eigenvalue weighted by Crippen LogP contribution is 2.29. The summed E-state index contributed by atoms with van der Waals surface area (Å²) in [5, 5.41) is 6.33. The highest BCUT2D eigenvalue weighted by molar-refractivity contribution is 5.88. The number of carbonyl (C=O) groups excluding carboxylic acids is 1. The van der Waals surface area contributed by atoms with Crippen molar-refractivity contribution in [3.8, 4) is 17.1 Å². The summed E-state index contributed by atoms with van der Waals surface area (Å²) in [6.45, 7) is 10.5. The third-order valence-electron chi connectivity index (χ3n) is 7.66. The van der Waals surface area contributed by atoms with E-state index in [2.05, 4.69) is 71.4 Å². The van der Waals surface area contributed by atoms with Gasteiger partial charge in [0.25, 0.3) is 0 Å². The van der Waals surface area contributed by atoms with E-state index in [0.29, 0.717) is 11.7 Å². The predicted molar refractivity (Wildman–Crippen MR) is 165 cm³/mol. The van der Waals surface area contributed by atoms with Gasteiger partial charge in [0.05, 0.1) is 17.1 Å². The zero-order valence-corrected chi connectivity index (χ0v) is 24.6. The molecule has 9 heteroatoms. The SMILES string of the molecule is CCc1cccc(CC)c1NC(=O)Oc1cc(-c2ccnc(Nc3ccc(N4CCN(C)CC4)cc3C)n2)n(C)c1. The number of piperazine rings is 1. The molecule has 41 heavy (non-hydrogen) atoms. The van der Waals surface area contributed by atoms with Crippen molar-refractivity contribution in [2.45, 2.75) is 33.6 Å². The van der Waals surface area contributed by atoms with Gasteiger partial charge in [-0.05, 0) is 67.8 Å². The summed E-state index contributed by atoms with van der Waals surface area (Å²) in [6, 6.07) is 16.2. The minimum atomic E-state index is -0.515. The van der Waals surface area contributed by atoms with Crippen LogP contribution in [0.5, 0.6) is 5.75 Å². The molecule has 0 atom stereocenters. The van der Waals surface area contributed by atoms with Crippen molar-refractivity contribution < 1.29 is 9.53 Å². The molecule has 0 radical (unpaired) electrons. The van der Waals surface area contributed by atoms with E-state index in [-0.39, 0.29) is 0 Å². The van der Waals surface area contributed by atoms with Crippen LogP contribution in [0.15, 0.2) is 60.9 Å². The van der Waals surface area contributed by atoms with Crippen LogP contribution in [0, 0.1) is 6.92 Å². The highest BCUT2D eigenvalue weighted by Gasteiger charge is 2.17. The molecule has 3 heterocycles. The molecule has 9 nitrogen and oxygen atoms in total. The molecule has 0 aliphatic carbocycles. The van der Waals surface area contributed by atoms with Crippen LogP contribution in [-0.4, -0.2) is 58.8 Å². The molecule has 2 aromatic carbocycles. The third kappa shape index (κ3) is 6.52. The molecule has 0 unspecified atom stereocenters. The molecule has 214 valence electrons. The predicted octanol–water partition coefficient (Wildman–Crippen LogP) is 6.02. The second-order valence-corrected chi connectivity index (χ2v) is 10.5. The van der Waals surface area contributed by atoms with E-state index in [1.54, 1.807) is 12.4 Å². The number of aromatic nitrogens is 3. The first kappa shape index (κ1) is 28.2. The summed E-state index contributed by atoms with van der Waals surface area (Å²) in [6.07, 6.45) is 4.63. The number of amides is 1. The standard InChI is InChI=1S/C32H39N7O2/c1-6-23-9-8-10-24(7-2)30(23)36-32(40)41-26-20-29(38(5)21-26)28-13-14-33-31(35-28)34-27-12-11-25(19-22(27)3)39-17-15-37(4)16-18-39/h8-14,19-21H,6-7,15-18H2,1-5H3,(H,36,40)(H,33,34,35). The Balaban J connectivity index is 1.28. The summed E-state index contributed by atoms with van der Waals surface area (Å²) in [7, 11) is 4.07. The molecular weight excluding hydrogens is 514 g/mol. The number of benzene rings is 2. The maximum atomic E-state index is 12.8. The van der Waals surface area contributed by atoms with E-state index < -0.39 is 6.09 Å². The van der Waals surface area contributed by atoms with Crippen molar-refractivity contribution in [3.05, 3.63) is 77.6 Å². The topological polar surface area (TPSA) is 87.5 Å². The number of anilines is 4. The Morgan fingerprint density at radius 2 is 1.71 bits per heavy atom. The van der Waals surface area contributed by atoms with Crippen molar-refractivity contribution in [1.82, 2.24) is 19.4 Å². The van der Waals surface area contributed by atoms with E-state index in [1.165, 1.54) is 5.69 Å². The monoisotopic (exact) mass is 553 g/mol. The zero-order valence-electron chi connectivity index (χ0n) is 24.6. The Morgan fingerprint density at radius 1 is 0.976 bits per heavy atom. The maximum Gasteiger partial charge on any atom is 0.417 e. The number of ether oxygens (including phenoxy) is 1. The largest absolute Gasteiger partial charge is 0.417 e. The molecule has 1 aliphatic heterocycles. The summed E-state index contributed by atoms with van der Waals surface area (Å²) in [5.74, 6) is 0.943. The van der Waals surface area contributed by atoms with E-state index in [4.69, 9.17) is 9.72 Å². The minimum Gasteiger partial charge on any atom is -0.408 e. The average Bonchev–Trinajstić information content (AvgIpc) is 3.34. The Hall–Kier alpha value is -4.37. The third-order valence-corrected chi connectivity index (χ3v) is 7.66. The number of rotatable bonds is 8. The Labute approximate surface area is 242 Å². The van der Waals surface area contributed by atoms with Gasteiger partial charge < -0.3 is 24.4 Å². The molecular formula is C32H39N7O2. The van der Waals surface area contributed by atoms with E-state index in [9.17, 15) is 4.79 Å². The van der Waals surface area contributed by atoms with Gasteiger partial charge in [0.15, 0.2) is 5.75 Å². The fourth-order valence-corrected chi connectivity index (χ4v) is 5.21.